The van der Waals surface area contributed by atoms with Crippen LogP contribution in [-0.4, -0.2) is 30.1 Å². The molecule has 0 bridgehead atoms. The summed E-state index contributed by atoms with van der Waals surface area (Å²) in [5, 5.41) is 0. The average molecular weight is 296 g/mol. The molecule has 0 spiro atoms. The van der Waals surface area contributed by atoms with Gasteiger partial charge in [0, 0.05) is 0 Å². The van der Waals surface area contributed by atoms with Crippen LogP contribution in [0.4, 0.5) is 30.7 Å². The summed E-state index contributed by atoms with van der Waals surface area (Å²) in [5.41, 5.74) is 0. The van der Waals surface area contributed by atoms with Gasteiger partial charge >= 0.3 is 24.0 Å². The van der Waals surface area contributed by atoms with Crippen molar-refractivity contribution in [1.82, 2.24) is 0 Å². The molecule has 0 radical (unpaired) electrons. The Labute approximate surface area is 103 Å². The summed E-state index contributed by atoms with van der Waals surface area (Å²) >= 11 is 0. The van der Waals surface area contributed by atoms with E-state index in [9.17, 15) is 35.5 Å². The third kappa shape index (κ3) is 3.11. The lowest BCUT2D eigenvalue weighted by Gasteiger charge is -2.29. The molecule has 0 aliphatic heterocycles. The molecule has 0 aromatic carbocycles. The zero-order valence-corrected chi connectivity index (χ0v) is 9.58. The highest BCUT2D eigenvalue weighted by molar-refractivity contribution is 5.79. The molecule has 1 fully saturated rings. The van der Waals surface area contributed by atoms with E-state index in [0.717, 1.165) is 6.42 Å². The number of carbonyl (C=O) groups excluding carboxylic acids is 1. The Hall–Kier alpha value is -1.02. The van der Waals surface area contributed by atoms with Gasteiger partial charge in [-0.1, -0.05) is 6.42 Å². The second-order valence-electron chi connectivity index (χ2n) is 4.31. The summed E-state index contributed by atoms with van der Waals surface area (Å²) in [6.07, 6.45) is -5.35. The van der Waals surface area contributed by atoms with Gasteiger partial charge in [0.25, 0.3) is 0 Å². The molecule has 112 valence electrons. The number of esters is 1. The first-order valence-electron chi connectivity index (χ1n) is 5.53. The van der Waals surface area contributed by atoms with Crippen LogP contribution in [0, 0.1) is 0 Å². The van der Waals surface area contributed by atoms with Crippen LogP contribution in [0.1, 0.15) is 32.1 Å². The standard InChI is InChI=1S/C10H11F7O2/c11-8(12,9(13,14)10(15,16)17)7(18)19-6-4-2-1-3-5-6/h6H,1-5H2. The van der Waals surface area contributed by atoms with Gasteiger partial charge in [0.05, 0.1) is 0 Å². The Bertz CT molecular complexity index is 331. The van der Waals surface area contributed by atoms with Crippen molar-refractivity contribution in [2.24, 2.45) is 0 Å². The number of rotatable bonds is 3. The van der Waals surface area contributed by atoms with Crippen LogP contribution in [0.3, 0.4) is 0 Å². The van der Waals surface area contributed by atoms with Crippen molar-refractivity contribution in [2.45, 2.75) is 56.2 Å². The molecule has 19 heavy (non-hydrogen) atoms. The molecule has 9 heteroatoms. The summed E-state index contributed by atoms with van der Waals surface area (Å²) in [5.74, 6) is -15.2. The first kappa shape index (κ1) is 16.0. The minimum atomic E-state index is -6.53. The second kappa shape index (κ2) is 5.16. The van der Waals surface area contributed by atoms with Crippen LogP contribution < -0.4 is 0 Å². The molecule has 1 rings (SSSR count). The van der Waals surface area contributed by atoms with Gasteiger partial charge in [-0.05, 0) is 25.7 Å². The van der Waals surface area contributed by atoms with E-state index in [1.807, 2.05) is 0 Å². The number of ether oxygens (including phenoxy) is 1. The molecule has 0 aromatic heterocycles. The Balaban J connectivity index is 2.78. The van der Waals surface area contributed by atoms with E-state index in [-0.39, 0.29) is 12.8 Å². The number of halogens is 7. The second-order valence-corrected chi connectivity index (χ2v) is 4.31. The lowest BCUT2D eigenvalue weighted by atomic mass is 9.98. The van der Waals surface area contributed by atoms with E-state index >= 15 is 0 Å². The topological polar surface area (TPSA) is 26.3 Å². The lowest BCUT2D eigenvalue weighted by molar-refractivity contribution is -0.349. The van der Waals surface area contributed by atoms with E-state index in [2.05, 4.69) is 4.74 Å². The Morgan fingerprint density at radius 2 is 1.37 bits per heavy atom. The third-order valence-electron chi connectivity index (χ3n) is 2.83. The predicted molar refractivity (Wildman–Crippen MR) is 48.9 cm³/mol. The number of hydrogen-bond donors (Lipinski definition) is 0. The maximum atomic E-state index is 12.9. The van der Waals surface area contributed by atoms with Crippen molar-refractivity contribution in [3.05, 3.63) is 0 Å². The summed E-state index contributed by atoms with van der Waals surface area (Å²) in [6.45, 7) is 0. The van der Waals surface area contributed by atoms with Gasteiger partial charge in [0.2, 0.25) is 0 Å². The van der Waals surface area contributed by atoms with E-state index < -0.39 is 30.1 Å². The van der Waals surface area contributed by atoms with E-state index in [4.69, 9.17) is 0 Å². The SMILES string of the molecule is O=C(OC1CCCCC1)C(F)(F)C(F)(F)C(F)(F)F. The highest BCUT2D eigenvalue weighted by atomic mass is 19.4. The van der Waals surface area contributed by atoms with Crippen LogP contribution in [0.5, 0.6) is 0 Å². The van der Waals surface area contributed by atoms with Crippen LogP contribution in [-0.2, 0) is 9.53 Å². The van der Waals surface area contributed by atoms with Gasteiger partial charge in [0.1, 0.15) is 6.10 Å². The number of hydrogen-bond acceptors (Lipinski definition) is 2. The van der Waals surface area contributed by atoms with Crippen molar-refractivity contribution in [2.75, 3.05) is 0 Å². The summed E-state index contributed by atoms with van der Waals surface area (Å²) in [6, 6.07) is 0. The predicted octanol–water partition coefficient (Wildman–Crippen LogP) is 3.70. The van der Waals surface area contributed by atoms with Crippen molar-refractivity contribution < 1.29 is 40.3 Å². The Kier molecular flexibility index (Phi) is 4.36. The van der Waals surface area contributed by atoms with E-state index in [0.29, 0.717) is 12.8 Å². The van der Waals surface area contributed by atoms with Crippen LogP contribution in [0.15, 0.2) is 0 Å². The van der Waals surface area contributed by atoms with Gasteiger partial charge in [-0.3, -0.25) is 0 Å². The van der Waals surface area contributed by atoms with Crippen molar-refractivity contribution in [1.29, 1.82) is 0 Å². The molecule has 0 amide bonds. The van der Waals surface area contributed by atoms with E-state index in [1.54, 1.807) is 0 Å². The average Bonchev–Trinajstić information content (AvgIpc) is 2.28. The van der Waals surface area contributed by atoms with Crippen molar-refractivity contribution >= 4 is 5.97 Å². The zero-order valence-electron chi connectivity index (χ0n) is 9.58. The Morgan fingerprint density at radius 3 is 1.79 bits per heavy atom. The highest BCUT2D eigenvalue weighted by Crippen LogP contribution is 2.47. The summed E-state index contributed by atoms with van der Waals surface area (Å²) < 4.78 is 90.4. The molecule has 0 unspecified atom stereocenters. The van der Waals surface area contributed by atoms with Crippen LogP contribution >= 0.6 is 0 Å². The zero-order chi connectivity index (χ0) is 14.9. The highest BCUT2D eigenvalue weighted by Gasteiger charge is 2.77. The van der Waals surface area contributed by atoms with Crippen molar-refractivity contribution in [3.8, 4) is 0 Å². The van der Waals surface area contributed by atoms with Crippen LogP contribution in [0.25, 0.3) is 0 Å². The normalized spacial score (nSPS) is 19.3. The fraction of sp³-hybridized carbons (Fsp3) is 0.900. The fourth-order valence-electron chi connectivity index (χ4n) is 1.71. The molecule has 0 atom stereocenters. The molecule has 0 N–H and O–H groups in total. The largest absolute Gasteiger partial charge is 0.460 e. The fourth-order valence-corrected chi connectivity index (χ4v) is 1.71. The molecule has 0 heterocycles. The first-order chi connectivity index (χ1) is 8.50. The molecule has 1 saturated carbocycles. The number of alkyl halides is 7. The van der Waals surface area contributed by atoms with Gasteiger partial charge in [-0.2, -0.15) is 30.7 Å². The summed E-state index contributed by atoms with van der Waals surface area (Å²) in [7, 11) is 0. The third-order valence-corrected chi connectivity index (χ3v) is 2.83. The Morgan fingerprint density at radius 1 is 0.895 bits per heavy atom. The van der Waals surface area contributed by atoms with Gasteiger partial charge in [0.15, 0.2) is 0 Å². The summed E-state index contributed by atoms with van der Waals surface area (Å²) in [4.78, 5) is 10.9. The molecule has 0 aromatic rings. The lowest BCUT2D eigenvalue weighted by Crippen LogP contribution is -2.57. The molecule has 1 aliphatic carbocycles. The van der Waals surface area contributed by atoms with Crippen LogP contribution in [0.2, 0.25) is 0 Å². The maximum Gasteiger partial charge on any atom is 0.460 e. The monoisotopic (exact) mass is 296 g/mol. The molecule has 0 saturated heterocycles. The molecular weight excluding hydrogens is 285 g/mol. The first-order valence-corrected chi connectivity index (χ1v) is 5.53. The maximum absolute atomic E-state index is 12.9. The smallest absolute Gasteiger partial charge is 0.458 e. The minimum Gasteiger partial charge on any atom is -0.458 e. The van der Waals surface area contributed by atoms with E-state index in [1.165, 1.54) is 0 Å². The van der Waals surface area contributed by atoms with Gasteiger partial charge in [-0.15, -0.1) is 0 Å². The molecule has 2 nitrogen and oxygen atoms in total. The minimum absolute atomic E-state index is 0.180. The van der Waals surface area contributed by atoms with Gasteiger partial charge in [-0.25, -0.2) is 4.79 Å². The number of carbonyl (C=O) groups is 1. The quantitative estimate of drug-likeness (QED) is 0.586. The molecule has 1 aliphatic rings. The molecular formula is C10H11F7O2. The van der Waals surface area contributed by atoms with Crippen molar-refractivity contribution in [3.63, 3.8) is 0 Å². The van der Waals surface area contributed by atoms with Gasteiger partial charge < -0.3 is 4.74 Å².